The molecule has 0 spiro atoms. The summed E-state index contributed by atoms with van der Waals surface area (Å²) in [6.07, 6.45) is 0.620. The van der Waals surface area contributed by atoms with E-state index in [9.17, 15) is 17.9 Å². The Labute approximate surface area is 167 Å². The molecule has 1 aliphatic heterocycles. The molecule has 2 heterocycles. The predicted molar refractivity (Wildman–Crippen MR) is 107 cm³/mol. The van der Waals surface area contributed by atoms with E-state index in [1.807, 2.05) is 11.9 Å². The zero-order chi connectivity index (χ0) is 20.1. The summed E-state index contributed by atoms with van der Waals surface area (Å²) in [5.74, 6) is -0.624. The van der Waals surface area contributed by atoms with Crippen LogP contribution in [0.1, 0.15) is 6.42 Å². The molecule has 0 radical (unpaired) electrons. The summed E-state index contributed by atoms with van der Waals surface area (Å²) in [6.45, 7) is 0.557. The van der Waals surface area contributed by atoms with E-state index >= 15 is 0 Å². The molecule has 1 atom stereocenters. The van der Waals surface area contributed by atoms with Crippen LogP contribution in [0.2, 0.25) is 5.15 Å². The number of sulfonamides is 1. The van der Waals surface area contributed by atoms with Crippen LogP contribution >= 0.6 is 11.6 Å². The highest BCUT2D eigenvalue weighted by Crippen LogP contribution is 2.30. The number of aromatic hydroxyl groups is 1. The normalized spacial score (nSPS) is 18.0. The van der Waals surface area contributed by atoms with E-state index in [0.717, 1.165) is 5.69 Å². The molecule has 1 fully saturated rings. The SMILES string of the molecule is CN(c1ccc(O)cc1)[C@H]1CCN(S(=O)(=O)c2cc3[nH]c(Cl)cc3cc2F)C1. The number of aromatic nitrogens is 1. The van der Waals surface area contributed by atoms with Crippen LogP contribution < -0.4 is 4.90 Å². The number of benzene rings is 2. The molecule has 1 saturated heterocycles. The smallest absolute Gasteiger partial charge is 0.246 e. The van der Waals surface area contributed by atoms with Gasteiger partial charge in [-0.15, -0.1) is 0 Å². The summed E-state index contributed by atoms with van der Waals surface area (Å²) in [5.41, 5.74) is 1.35. The lowest BCUT2D eigenvalue weighted by Gasteiger charge is -2.27. The van der Waals surface area contributed by atoms with Crippen molar-refractivity contribution < 1.29 is 17.9 Å². The lowest BCUT2D eigenvalue weighted by atomic mass is 10.2. The highest BCUT2D eigenvalue weighted by molar-refractivity contribution is 7.89. The summed E-state index contributed by atoms with van der Waals surface area (Å²) >= 11 is 5.89. The van der Waals surface area contributed by atoms with E-state index in [1.54, 1.807) is 30.3 Å². The highest BCUT2D eigenvalue weighted by atomic mass is 35.5. The number of nitrogens with zero attached hydrogens (tertiary/aromatic N) is 2. The van der Waals surface area contributed by atoms with Crippen molar-refractivity contribution in [2.45, 2.75) is 17.4 Å². The van der Waals surface area contributed by atoms with Crippen molar-refractivity contribution in [2.75, 3.05) is 25.0 Å². The first-order valence-corrected chi connectivity index (χ1v) is 10.6. The number of H-pyrrole nitrogens is 1. The quantitative estimate of drug-likeness (QED) is 0.672. The number of hydrogen-bond acceptors (Lipinski definition) is 4. The van der Waals surface area contributed by atoms with Gasteiger partial charge in [-0.1, -0.05) is 11.6 Å². The van der Waals surface area contributed by atoms with Crippen LogP contribution in [-0.2, 0) is 10.0 Å². The summed E-state index contributed by atoms with van der Waals surface area (Å²) < 4.78 is 41.9. The Balaban J connectivity index is 1.59. The number of phenols is 1. The first-order valence-electron chi connectivity index (χ1n) is 8.75. The van der Waals surface area contributed by atoms with Gasteiger partial charge in [0.05, 0.1) is 0 Å². The van der Waals surface area contributed by atoms with E-state index in [0.29, 0.717) is 29.0 Å². The van der Waals surface area contributed by atoms with Crippen LogP contribution in [-0.4, -0.2) is 49.0 Å². The Morgan fingerprint density at radius 1 is 1.25 bits per heavy atom. The number of anilines is 1. The Morgan fingerprint density at radius 3 is 2.68 bits per heavy atom. The second-order valence-corrected chi connectivity index (χ2v) is 9.23. The fourth-order valence-electron chi connectivity index (χ4n) is 3.58. The first-order chi connectivity index (χ1) is 13.3. The highest BCUT2D eigenvalue weighted by Gasteiger charge is 2.36. The molecule has 3 aromatic rings. The fraction of sp³-hybridized carbons (Fsp3) is 0.263. The summed E-state index contributed by atoms with van der Waals surface area (Å²) in [5, 5.41) is 10.3. The third kappa shape index (κ3) is 3.32. The Morgan fingerprint density at radius 2 is 1.96 bits per heavy atom. The van der Waals surface area contributed by atoms with Crippen molar-refractivity contribution in [3.05, 3.63) is 53.4 Å². The van der Waals surface area contributed by atoms with Crippen molar-refractivity contribution in [1.82, 2.24) is 9.29 Å². The number of nitrogens with one attached hydrogen (secondary N) is 1. The maximum absolute atomic E-state index is 14.5. The predicted octanol–water partition coefficient (Wildman–Crippen LogP) is 3.57. The third-order valence-electron chi connectivity index (χ3n) is 5.19. The van der Waals surface area contributed by atoms with E-state index in [2.05, 4.69) is 4.98 Å². The van der Waals surface area contributed by atoms with Gasteiger partial charge in [-0.3, -0.25) is 0 Å². The van der Waals surface area contributed by atoms with Crippen molar-refractivity contribution in [2.24, 2.45) is 0 Å². The Kier molecular flexibility index (Phi) is 4.73. The Bertz CT molecular complexity index is 1130. The van der Waals surface area contributed by atoms with Gasteiger partial charge in [0, 0.05) is 42.8 Å². The standard InChI is InChI=1S/C19H19ClFN3O3S/c1-23(13-2-4-15(25)5-3-13)14-6-7-24(11-14)28(26,27)18-10-17-12(8-16(18)21)9-19(20)22-17/h2-5,8-10,14,22,25H,6-7,11H2,1H3/t14-/m0/s1. The molecule has 2 N–H and O–H groups in total. The van der Waals surface area contributed by atoms with Gasteiger partial charge in [0.2, 0.25) is 10.0 Å². The van der Waals surface area contributed by atoms with Crippen LogP contribution in [0.4, 0.5) is 10.1 Å². The summed E-state index contributed by atoms with van der Waals surface area (Å²) in [6, 6.07) is 10.7. The largest absolute Gasteiger partial charge is 0.508 e. The number of halogens is 2. The number of phenolic OH excluding ortho intramolecular Hbond substituents is 1. The number of likely N-dealkylation sites (N-methyl/N-ethyl adjacent to an activating group) is 1. The molecule has 4 rings (SSSR count). The van der Waals surface area contributed by atoms with Crippen LogP contribution in [0.5, 0.6) is 5.75 Å². The summed E-state index contributed by atoms with van der Waals surface area (Å²) in [4.78, 5) is 4.45. The molecule has 6 nitrogen and oxygen atoms in total. The number of hydrogen-bond donors (Lipinski definition) is 2. The van der Waals surface area contributed by atoms with Gasteiger partial charge >= 0.3 is 0 Å². The van der Waals surface area contributed by atoms with Gasteiger partial charge < -0.3 is 15.0 Å². The average molecular weight is 424 g/mol. The minimum atomic E-state index is -3.98. The van der Waals surface area contributed by atoms with Crippen molar-refractivity contribution in [3.8, 4) is 5.75 Å². The minimum Gasteiger partial charge on any atom is -0.508 e. The average Bonchev–Trinajstić information content (AvgIpc) is 3.27. The van der Waals surface area contributed by atoms with Gasteiger partial charge in [-0.2, -0.15) is 4.31 Å². The lowest BCUT2D eigenvalue weighted by Crippen LogP contribution is -2.36. The molecule has 148 valence electrons. The molecule has 28 heavy (non-hydrogen) atoms. The molecule has 1 aliphatic rings. The van der Waals surface area contributed by atoms with Crippen LogP contribution in [0, 0.1) is 5.82 Å². The molecule has 0 amide bonds. The zero-order valence-electron chi connectivity index (χ0n) is 15.1. The fourth-order valence-corrected chi connectivity index (χ4v) is 5.36. The van der Waals surface area contributed by atoms with Gasteiger partial charge in [0.15, 0.2) is 0 Å². The lowest BCUT2D eigenvalue weighted by molar-refractivity contribution is 0.464. The number of aromatic amines is 1. The van der Waals surface area contributed by atoms with Crippen LogP contribution in [0.25, 0.3) is 10.9 Å². The van der Waals surface area contributed by atoms with E-state index in [-0.39, 0.29) is 23.2 Å². The molecule has 0 saturated carbocycles. The van der Waals surface area contributed by atoms with E-state index < -0.39 is 15.8 Å². The Hall–Kier alpha value is -2.29. The molecule has 0 unspecified atom stereocenters. The summed E-state index contributed by atoms with van der Waals surface area (Å²) in [7, 11) is -2.10. The van der Waals surface area contributed by atoms with Gasteiger partial charge in [0.25, 0.3) is 0 Å². The first kappa shape index (κ1) is 19.0. The van der Waals surface area contributed by atoms with E-state index in [4.69, 9.17) is 11.6 Å². The number of fused-ring (bicyclic) bond motifs is 1. The molecule has 2 aromatic carbocycles. The minimum absolute atomic E-state index is 0.0500. The van der Waals surface area contributed by atoms with Crippen LogP contribution in [0.3, 0.4) is 0 Å². The molecule has 0 aliphatic carbocycles. The van der Waals surface area contributed by atoms with Crippen molar-refractivity contribution in [1.29, 1.82) is 0 Å². The monoisotopic (exact) mass is 423 g/mol. The number of rotatable bonds is 4. The second-order valence-electron chi connectivity index (χ2n) is 6.92. The topological polar surface area (TPSA) is 76.6 Å². The maximum Gasteiger partial charge on any atom is 0.246 e. The molecular formula is C19H19ClFN3O3S. The molecule has 9 heteroatoms. The molecule has 0 bridgehead atoms. The van der Waals surface area contributed by atoms with Gasteiger partial charge in [-0.25, -0.2) is 12.8 Å². The third-order valence-corrected chi connectivity index (χ3v) is 7.27. The van der Waals surface area contributed by atoms with Crippen molar-refractivity contribution >= 4 is 38.2 Å². The molecular weight excluding hydrogens is 405 g/mol. The molecule has 1 aromatic heterocycles. The second kappa shape index (κ2) is 6.95. The van der Waals surface area contributed by atoms with Crippen molar-refractivity contribution in [3.63, 3.8) is 0 Å². The van der Waals surface area contributed by atoms with Crippen LogP contribution in [0.15, 0.2) is 47.4 Å². The van der Waals surface area contributed by atoms with Gasteiger partial charge in [0.1, 0.15) is 21.6 Å². The van der Waals surface area contributed by atoms with Gasteiger partial charge in [-0.05, 0) is 48.9 Å². The van der Waals surface area contributed by atoms with E-state index in [1.165, 1.54) is 16.4 Å². The zero-order valence-corrected chi connectivity index (χ0v) is 16.6. The maximum atomic E-state index is 14.5.